The van der Waals surface area contributed by atoms with Crippen LogP contribution in [0.1, 0.15) is 10.6 Å². The lowest BCUT2D eigenvalue weighted by Crippen LogP contribution is -1.99. The van der Waals surface area contributed by atoms with Crippen LogP contribution in [-0.2, 0) is 4.74 Å². The number of rotatable bonds is 1. The largest absolute Gasteiger partial charge is 0.463 e. The fourth-order valence-corrected chi connectivity index (χ4v) is 0.895. The van der Waals surface area contributed by atoms with Gasteiger partial charge >= 0.3 is 5.97 Å². The van der Waals surface area contributed by atoms with Crippen molar-refractivity contribution in [3.63, 3.8) is 0 Å². The third kappa shape index (κ3) is 1.21. The molecule has 0 bridgehead atoms. The maximum atomic E-state index is 10.7. The summed E-state index contributed by atoms with van der Waals surface area (Å²) in [7, 11) is 1.30. The fourth-order valence-electron chi connectivity index (χ4n) is 0.532. The van der Waals surface area contributed by atoms with E-state index in [0.29, 0.717) is 4.47 Å². The molecule has 1 heterocycles. The van der Waals surface area contributed by atoms with Crippen molar-refractivity contribution in [1.82, 2.24) is 0 Å². The molecule has 0 fully saturated rings. The van der Waals surface area contributed by atoms with Gasteiger partial charge < -0.3 is 9.15 Å². The number of esters is 1. The number of carbonyl (C=O) groups excluding carboxylic acids is 1. The maximum Gasteiger partial charge on any atom is 0.375 e. The van der Waals surface area contributed by atoms with Crippen molar-refractivity contribution in [2.75, 3.05) is 7.11 Å². The zero-order valence-electron chi connectivity index (χ0n) is 5.26. The molecule has 0 atom stereocenters. The Balaban J connectivity index is 2.93. The first-order chi connectivity index (χ1) is 4.75. The number of hydrogen-bond acceptors (Lipinski definition) is 3. The van der Waals surface area contributed by atoms with Crippen LogP contribution in [0.25, 0.3) is 0 Å². The highest BCUT2D eigenvalue weighted by Crippen LogP contribution is 2.17. The number of hydrogen-bond donors (Lipinski definition) is 0. The molecule has 1 aromatic heterocycles. The first-order valence-corrected chi connectivity index (χ1v) is 3.36. The van der Waals surface area contributed by atoms with Crippen LogP contribution in [-0.4, -0.2) is 13.1 Å². The normalized spacial score (nSPS) is 9.40. The Morgan fingerprint density at radius 2 is 2.50 bits per heavy atom. The van der Waals surface area contributed by atoms with Crippen LogP contribution in [0.3, 0.4) is 0 Å². The van der Waals surface area contributed by atoms with Gasteiger partial charge in [-0.3, -0.25) is 0 Å². The van der Waals surface area contributed by atoms with E-state index in [9.17, 15) is 4.79 Å². The molecule has 3 nitrogen and oxygen atoms in total. The zero-order valence-corrected chi connectivity index (χ0v) is 6.84. The van der Waals surface area contributed by atoms with Crippen molar-refractivity contribution in [2.45, 2.75) is 0 Å². The average Bonchev–Trinajstić information content (AvgIpc) is 2.34. The quantitative estimate of drug-likeness (QED) is 0.656. The standard InChI is InChI=1S/C6H5BrO3/c1-9-6(8)5-4(7)2-3-10-5/h2-3H,1H3. The minimum absolute atomic E-state index is 0.197. The summed E-state index contributed by atoms with van der Waals surface area (Å²) >= 11 is 3.11. The smallest absolute Gasteiger partial charge is 0.375 e. The second-order valence-corrected chi connectivity index (χ2v) is 2.44. The van der Waals surface area contributed by atoms with Crippen molar-refractivity contribution in [3.05, 3.63) is 22.6 Å². The Hall–Kier alpha value is -0.770. The molecule has 0 aliphatic rings. The molecule has 1 aromatic rings. The first kappa shape index (κ1) is 7.34. The Morgan fingerprint density at radius 1 is 1.80 bits per heavy atom. The van der Waals surface area contributed by atoms with Crippen LogP contribution in [0.15, 0.2) is 21.2 Å². The van der Waals surface area contributed by atoms with Gasteiger partial charge in [0, 0.05) is 0 Å². The van der Waals surface area contributed by atoms with Crippen molar-refractivity contribution < 1.29 is 13.9 Å². The van der Waals surface area contributed by atoms with Gasteiger partial charge in [-0.2, -0.15) is 0 Å². The summed E-state index contributed by atoms with van der Waals surface area (Å²) in [6.45, 7) is 0. The molecule has 0 saturated carbocycles. The molecule has 0 aromatic carbocycles. The molecule has 10 heavy (non-hydrogen) atoms. The van der Waals surface area contributed by atoms with E-state index in [1.807, 2.05) is 0 Å². The monoisotopic (exact) mass is 204 g/mol. The summed E-state index contributed by atoms with van der Waals surface area (Å²) in [5, 5.41) is 0. The van der Waals surface area contributed by atoms with E-state index in [4.69, 9.17) is 4.42 Å². The van der Waals surface area contributed by atoms with E-state index in [2.05, 4.69) is 20.7 Å². The maximum absolute atomic E-state index is 10.7. The Morgan fingerprint density at radius 3 is 2.90 bits per heavy atom. The predicted octanol–water partition coefficient (Wildman–Crippen LogP) is 1.83. The Labute approximate surface area is 66.1 Å². The van der Waals surface area contributed by atoms with Gasteiger partial charge in [0.25, 0.3) is 0 Å². The lowest BCUT2D eigenvalue weighted by molar-refractivity contribution is 0.0563. The molecule has 0 amide bonds. The van der Waals surface area contributed by atoms with Crippen LogP contribution < -0.4 is 0 Å². The molecular weight excluding hydrogens is 200 g/mol. The fraction of sp³-hybridized carbons (Fsp3) is 0.167. The van der Waals surface area contributed by atoms with Gasteiger partial charge in [-0.25, -0.2) is 4.79 Å². The first-order valence-electron chi connectivity index (χ1n) is 2.57. The third-order valence-corrected chi connectivity index (χ3v) is 1.61. The number of methoxy groups -OCH3 is 1. The lowest BCUT2D eigenvalue weighted by Gasteiger charge is -1.92. The van der Waals surface area contributed by atoms with E-state index in [-0.39, 0.29) is 5.76 Å². The summed E-state index contributed by atoms with van der Waals surface area (Å²) in [6, 6.07) is 1.63. The van der Waals surface area contributed by atoms with Gasteiger partial charge in [-0.15, -0.1) is 0 Å². The van der Waals surface area contributed by atoms with Gasteiger partial charge in [0.15, 0.2) is 0 Å². The molecule has 4 heteroatoms. The molecule has 0 aliphatic carbocycles. The number of halogens is 1. The minimum Gasteiger partial charge on any atom is -0.463 e. The van der Waals surface area contributed by atoms with Crippen LogP contribution in [0, 0.1) is 0 Å². The summed E-state index contributed by atoms with van der Waals surface area (Å²) in [5.74, 6) is -0.278. The number of furan rings is 1. The highest BCUT2D eigenvalue weighted by Gasteiger charge is 2.12. The second kappa shape index (κ2) is 2.88. The Kier molecular flexibility index (Phi) is 2.11. The topological polar surface area (TPSA) is 39.4 Å². The van der Waals surface area contributed by atoms with Crippen molar-refractivity contribution in [3.8, 4) is 0 Å². The third-order valence-electron chi connectivity index (χ3n) is 0.988. The molecule has 0 saturated heterocycles. The van der Waals surface area contributed by atoms with Crippen molar-refractivity contribution in [1.29, 1.82) is 0 Å². The summed E-state index contributed by atoms with van der Waals surface area (Å²) < 4.78 is 9.82. The molecule has 1 rings (SSSR count). The highest BCUT2D eigenvalue weighted by molar-refractivity contribution is 9.10. The molecule has 54 valence electrons. The Bertz CT molecular complexity index is 241. The predicted molar refractivity (Wildman–Crippen MR) is 37.7 cm³/mol. The summed E-state index contributed by atoms with van der Waals surface area (Å²) in [6.07, 6.45) is 1.41. The van der Waals surface area contributed by atoms with E-state index in [1.165, 1.54) is 13.4 Å². The van der Waals surface area contributed by atoms with Crippen molar-refractivity contribution >= 4 is 21.9 Å². The zero-order chi connectivity index (χ0) is 7.56. The van der Waals surface area contributed by atoms with Gasteiger partial charge in [0.1, 0.15) is 0 Å². The van der Waals surface area contributed by atoms with E-state index >= 15 is 0 Å². The van der Waals surface area contributed by atoms with Crippen molar-refractivity contribution in [2.24, 2.45) is 0 Å². The van der Waals surface area contributed by atoms with E-state index in [1.54, 1.807) is 6.07 Å². The van der Waals surface area contributed by atoms with Crippen LogP contribution in [0.5, 0.6) is 0 Å². The van der Waals surface area contributed by atoms with Crippen LogP contribution >= 0.6 is 15.9 Å². The van der Waals surface area contributed by atoms with Gasteiger partial charge in [0.05, 0.1) is 17.8 Å². The summed E-state index contributed by atoms with van der Waals surface area (Å²) in [4.78, 5) is 10.7. The van der Waals surface area contributed by atoms with E-state index in [0.717, 1.165) is 0 Å². The molecule has 0 N–H and O–H groups in total. The number of ether oxygens (including phenoxy) is 1. The van der Waals surface area contributed by atoms with Gasteiger partial charge in [-0.05, 0) is 22.0 Å². The number of carbonyl (C=O) groups is 1. The van der Waals surface area contributed by atoms with Gasteiger partial charge in [-0.1, -0.05) is 0 Å². The van der Waals surface area contributed by atoms with E-state index < -0.39 is 5.97 Å². The average molecular weight is 205 g/mol. The molecule has 0 aliphatic heterocycles. The second-order valence-electron chi connectivity index (χ2n) is 1.59. The van der Waals surface area contributed by atoms with Crippen LogP contribution in [0.4, 0.5) is 0 Å². The van der Waals surface area contributed by atoms with Crippen LogP contribution in [0.2, 0.25) is 0 Å². The SMILES string of the molecule is COC(=O)c1occc1Br. The molecule has 0 unspecified atom stereocenters. The molecular formula is C6H5BrO3. The lowest BCUT2D eigenvalue weighted by atomic mass is 10.5. The van der Waals surface area contributed by atoms with Gasteiger partial charge in [0.2, 0.25) is 5.76 Å². The molecule has 0 radical (unpaired) electrons. The molecule has 0 spiro atoms. The summed E-state index contributed by atoms with van der Waals surface area (Å²) in [5.41, 5.74) is 0. The highest BCUT2D eigenvalue weighted by atomic mass is 79.9. The minimum atomic E-state index is -0.475.